The molecule has 0 heterocycles. The first-order chi connectivity index (χ1) is 6.02. The van der Waals surface area contributed by atoms with E-state index in [0.717, 1.165) is 5.92 Å². The van der Waals surface area contributed by atoms with Gasteiger partial charge in [0.05, 0.1) is 0 Å². The van der Waals surface area contributed by atoms with Gasteiger partial charge in [0.15, 0.2) is 0 Å². The van der Waals surface area contributed by atoms with E-state index >= 15 is 0 Å². The smallest absolute Gasteiger partial charge is 0.0139 e. The van der Waals surface area contributed by atoms with Gasteiger partial charge in [-0.1, -0.05) is 51.5 Å². The van der Waals surface area contributed by atoms with E-state index < -0.39 is 0 Å². The first kappa shape index (κ1) is 10.6. The second-order valence-corrected chi connectivity index (χ2v) is 5.14. The predicted molar refractivity (Wildman–Crippen MR) is 59.7 cm³/mol. The fraction of sp³-hybridized carbons (Fsp3) is 0.692. The van der Waals surface area contributed by atoms with Crippen molar-refractivity contribution in [3.63, 3.8) is 0 Å². The number of hydrogen-bond acceptors (Lipinski definition) is 0. The molecule has 0 amide bonds. The Balaban J connectivity index is 2.67. The highest BCUT2D eigenvalue weighted by atomic mass is 14.3. The highest BCUT2D eigenvalue weighted by Gasteiger charge is 2.23. The third-order valence-electron chi connectivity index (χ3n) is 2.80. The van der Waals surface area contributed by atoms with Gasteiger partial charge in [0.1, 0.15) is 0 Å². The Morgan fingerprint density at radius 1 is 1.38 bits per heavy atom. The van der Waals surface area contributed by atoms with Crippen LogP contribution in [0.25, 0.3) is 0 Å². The Morgan fingerprint density at radius 3 is 2.54 bits per heavy atom. The summed E-state index contributed by atoms with van der Waals surface area (Å²) in [5, 5.41) is 0. The summed E-state index contributed by atoms with van der Waals surface area (Å²) in [5.74, 6) is 0.793. The molecule has 0 N–H and O–H groups in total. The first-order valence-corrected chi connectivity index (χ1v) is 5.38. The largest absolute Gasteiger partial charge is 0.0842 e. The summed E-state index contributed by atoms with van der Waals surface area (Å²) < 4.78 is 0. The Hall–Kier alpha value is -0.520. The molecule has 0 nitrogen and oxygen atoms in total. The van der Waals surface area contributed by atoms with E-state index in [1.165, 1.54) is 19.3 Å². The SMILES string of the molecule is CC(C)CC(C)(C)C1=CC=CCC1. The lowest BCUT2D eigenvalue weighted by Gasteiger charge is -2.31. The zero-order valence-corrected chi connectivity index (χ0v) is 9.43. The van der Waals surface area contributed by atoms with Gasteiger partial charge in [0.2, 0.25) is 0 Å². The average molecular weight is 178 g/mol. The minimum atomic E-state index is 0.402. The quantitative estimate of drug-likeness (QED) is 0.603. The van der Waals surface area contributed by atoms with Crippen LogP contribution in [0.15, 0.2) is 23.8 Å². The van der Waals surface area contributed by atoms with Crippen LogP contribution in [0.4, 0.5) is 0 Å². The van der Waals surface area contributed by atoms with E-state index in [1.807, 2.05) is 0 Å². The molecular formula is C13H22. The van der Waals surface area contributed by atoms with Gasteiger partial charge < -0.3 is 0 Å². The van der Waals surface area contributed by atoms with Crippen molar-refractivity contribution in [3.05, 3.63) is 23.8 Å². The van der Waals surface area contributed by atoms with Crippen LogP contribution >= 0.6 is 0 Å². The molecule has 0 radical (unpaired) electrons. The summed E-state index contributed by atoms with van der Waals surface area (Å²) in [6.45, 7) is 9.36. The second kappa shape index (κ2) is 4.13. The summed E-state index contributed by atoms with van der Waals surface area (Å²) in [4.78, 5) is 0. The topological polar surface area (TPSA) is 0 Å². The molecule has 0 aromatic rings. The predicted octanol–water partition coefficient (Wildman–Crippen LogP) is 4.34. The molecule has 0 atom stereocenters. The molecular weight excluding hydrogens is 156 g/mol. The van der Waals surface area contributed by atoms with E-state index in [1.54, 1.807) is 5.57 Å². The van der Waals surface area contributed by atoms with Crippen LogP contribution in [-0.2, 0) is 0 Å². The molecule has 13 heavy (non-hydrogen) atoms. The summed E-state index contributed by atoms with van der Waals surface area (Å²) in [6, 6.07) is 0. The molecule has 0 bridgehead atoms. The van der Waals surface area contributed by atoms with Gasteiger partial charge in [0, 0.05) is 0 Å². The minimum absolute atomic E-state index is 0.402. The highest BCUT2D eigenvalue weighted by molar-refractivity contribution is 5.23. The number of hydrogen-bond donors (Lipinski definition) is 0. The van der Waals surface area contributed by atoms with E-state index in [4.69, 9.17) is 0 Å². The summed E-state index contributed by atoms with van der Waals surface area (Å²) in [5.41, 5.74) is 2.03. The van der Waals surface area contributed by atoms with Crippen molar-refractivity contribution in [3.8, 4) is 0 Å². The van der Waals surface area contributed by atoms with Crippen molar-refractivity contribution in [2.24, 2.45) is 11.3 Å². The Kier molecular flexibility index (Phi) is 3.35. The molecule has 0 fully saturated rings. The number of allylic oxidation sites excluding steroid dienone is 4. The van der Waals surface area contributed by atoms with E-state index in [0.29, 0.717) is 5.41 Å². The third-order valence-corrected chi connectivity index (χ3v) is 2.80. The fourth-order valence-electron chi connectivity index (χ4n) is 2.32. The van der Waals surface area contributed by atoms with E-state index in [9.17, 15) is 0 Å². The van der Waals surface area contributed by atoms with Crippen LogP contribution in [-0.4, -0.2) is 0 Å². The van der Waals surface area contributed by atoms with Crippen LogP contribution < -0.4 is 0 Å². The molecule has 1 aliphatic rings. The summed E-state index contributed by atoms with van der Waals surface area (Å²) in [7, 11) is 0. The lowest BCUT2D eigenvalue weighted by Crippen LogP contribution is -2.18. The van der Waals surface area contributed by atoms with Crippen molar-refractivity contribution in [1.82, 2.24) is 0 Å². The van der Waals surface area contributed by atoms with Gasteiger partial charge in [-0.2, -0.15) is 0 Å². The Bertz CT molecular complexity index is 216. The van der Waals surface area contributed by atoms with E-state index in [2.05, 4.69) is 45.9 Å². The fourth-order valence-corrected chi connectivity index (χ4v) is 2.32. The summed E-state index contributed by atoms with van der Waals surface area (Å²) in [6.07, 6.45) is 10.6. The third kappa shape index (κ3) is 3.02. The first-order valence-electron chi connectivity index (χ1n) is 5.38. The lowest BCUT2D eigenvalue weighted by molar-refractivity contribution is 0.335. The Morgan fingerprint density at radius 2 is 2.08 bits per heavy atom. The van der Waals surface area contributed by atoms with Crippen molar-refractivity contribution < 1.29 is 0 Å². The van der Waals surface area contributed by atoms with Crippen LogP contribution in [0.3, 0.4) is 0 Å². The molecule has 0 aromatic heterocycles. The zero-order valence-electron chi connectivity index (χ0n) is 9.43. The molecule has 0 saturated heterocycles. The van der Waals surface area contributed by atoms with Gasteiger partial charge in [-0.15, -0.1) is 0 Å². The maximum atomic E-state index is 2.37. The molecule has 0 aromatic carbocycles. The monoisotopic (exact) mass is 178 g/mol. The molecule has 74 valence electrons. The van der Waals surface area contributed by atoms with Crippen LogP contribution in [0, 0.1) is 11.3 Å². The van der Waals surface area contributed by atoms with Gasteiger partial charge >= 0.3 is 0 Å². The van der Waals surface area contributed by atoms with Gasteiger partial charge in [-0.05, 0) is 30.6 Å². The molecule has 1 aliphatic carbocycles. The van der Waals surface area contributed by atoms with Gasteiger partial charge in [-0.3, -0.25) is 0 Å². The van der Waals surface area contributed by atoms with Crippen molar-refractivity contribution >= 4 is 0 Å². The van der Waals surface area contributed by atoms with Gasteiger partial charge in [0.25, 0.3) is 0 Å². The van der Waals surface area contributed by atoms with Gasteiger partial charge in [-0.25, -0.2) is 0 Å². The maximum Gasteiger partial charge on any atom is -0.0139 e. The standard InChI is InChI=1S/C13H22/c1-11(2)10-13(3,4)12-8-6-5-7-9-12/h5-6,8,11H,7,9-10H2,1-4H3. The normalized spacial score (nSPS) is 17.8. The van der Waals surface area contributed by atoms with E-state index in [-0.39, 0.29) is 0 Å². The summed E-state index contributed by atoms with van der Waals surface area (Å²) >= 11 is 0. The van der Waals surface area contributed by atoms with Crippen molar-refractivity contribution in [2.45, 2.75) is 47.0 Å². The molecule has 0 unspecified atom stereocenters. The second-order valence-electron chi connectivity index (χ2n) is 5.14. The lowest BCUT2D eigenvalue weighted by atomic mass is 9.75. The minimum Gasteiger partial charge on any atom is -0.0842 e. The molecule has 0 saturated carbocycles. The molecule has 0 heteroatoms. The highest BCUT2D eigenvalue weighted by Crippen LogP contribution is 2.37. The number of rotatable bonds is 3. The van der Waals surface area contributed by atoms with Crippen LogP contribution in [0.5, 0.6) is 0 Å². The van der Waals surface area contributed by atoms with Crippen molar-refractivity contribution in [2.75, 3.05) is 0 Å². The Labute approximate surface area is 82.7 Å². The van der Waals surface area contributed by atoms with Crippen molar-refractivity contribution in [1.29, 1.82) is 0 Å². The maximum absolute atomic E-state index is 2.37. The zero-order chi connectivity index (χ0) is 9.90. The molecule has 1 rings (SSSR count). The molecule has 0 spiro atoms. The average Bonchev–Trinajstić information content (AvgIpc) is 2.04. The van der Waals surface area contributed by atoms with Crippen LogP contribution in [0.1, 0.15) is 47.0 Å². The molecule has 0 aliphatic heterocycles. The van der Waals surface area contributed by atoms with Crippen LogP contribution in [0.2, 0.25) is 0 Å².